The van der Waals surface area contributed by atoms with E-state index in [4.69, 9.17) is 0 Å². The van der Waals surface area contributed by atoms with Crippen molar-refractivity contribution in [1.82, 2.24) is 15.6 Å². The van der Waals surface area contributed by atoms with Crippen LogP contribution in [0.4, 0.5) is 10.6 Å². The molecule has 3 N–H and O–H groups in total. The van der Waals surface area contributed by atoms with Crippen molar-refractivity contribution < 1.29 is 9.59 Å². The third kappa shape index (κ3) is 6.26. The highest BCUT2D eigenvalue weighted by atomic mass is 16.2. The molecule has 1 heterocycles. The van der Waals surface area contributed by atoms with Crippen LogP contribution in [-0.2, 0) is 4.79 Å². The molecule has 1 aromatic rings. The van der Waals surface area contributed by atoms with Gasteiger partial charge in [-0.15, -0.1) is 0 Å². The monoisotopic (exact) mass is 318 g/mol. The molecule has 1 aliphatic carbocycles. The second-order valence-corrected chi connectivity index (χ2v) is 6.11. The van der Waals surface area contributed by atoms with Crippen LogP contribution in [0.3, 0.4) is 0 Å². The Balaban J connectivity index is 1.58. The summed E-state index contributed by atoms with van der Waals surface area (Å²) in [5.74, 6) is 1.16. The van der Waals surface area contributed by atoms with E-state index in [0.717, 1.165) is 18.4 Å². The van der Waals surface area contributed by atoms with Gasteiger partial charge in [0.05, 0.1) is 0 Å². The van der Waals surface area contributed by atoms with E-state index < -0.39 is 0 Å². The molecule has 0 saturated heterocycles. The van der Waals surface area contributed by atoms with Crippen molar-refractivity contribution in [2.75, 3.05) is 18.4 Å². The molecule has 6 heteroatoms. The quantitative estimate of drug-likeness (QED) is 0.705. The Morgan fingerprint density at radius 1 is 1.17 bits per heavy atom. The molecule has 0 aliphatic heterocycles. The average molecular weight is 318 g/mol. The SMILES string of the molecule is Cc1cccnc1NC(=O)NCCNC(=O)CC1CCCCC1. The van der Waals surface area contributed by atoms with E-state index in [1.165, 1.54) is 19.3 Å². The lowest BCUT2D eigenvalue weighted by atomic mass is 9.87. The second-order valence-electron chi connectivity index (χ2n) is 6.11. The minimum atomic E-state index is -0.312. The largest absolute Gasteiger partial charge is 0.354 e. The summed E-state index contributed by atoms with van der Waals surface area (Å²) in [6.07, 6.45) is 8.36. The summed E-state index contributed by atoms with van der Waals surface area (Å²) in [6.45, 7) is 2.72. The molecule has 2 rings (SSSR count). The first-order valence-corrected chi connectivity index (χ1v) is 8.38. The van der Waals surface area contributed by atoms with Gasteiger partial charge in [0.1, 0.15) is 5.82 Å². The summed E-state index contributed by atoms with van der Waals surface area (Å²) in [5, 5.41) is 8.27. The number of aromatic nitrogens is 1. The highest BCUT2D eigenvalue weighted by Gasteiger charge is 2.16. The van der Waals surface area contributed by atoms with Crippen LogP contribution in [-0.4, -0.2) is 30.0 Å². The minimum absolute atomic E-state index is 0.0830. The molecule has 0 aromatic carbocycles. The van der Waals surface area contributed by atoms with Gasteiger partial charge in [0.25, 0.3) is 0 Å². The molecule has 126 valence electrons. The van der Waals surface area contributed by atoms with E-state index in [1.807, 2.05) is 19.1 Å². The molecule has 1 fully saturated rings. The van der Waals surface area contributed by atoms with Crippen LogP contribution in [0.5, 0.6) is 0 Å². The van der Waals surface area contributed by atoms with Gasteiger partial charge in [-0.2, -0.15) is 0 Å². The number of anilines is 1. The maximum absolute atomic E-state index is 11.8. The third-order valence-corrected chi connectivity index (χ3v) is 4.17. The number of hydrogen-bond donors (Lipinski definition) is 3. The molecule has 0 spiro atoms. The highest BCUT2D eigenvalue weighted by Crippen LogP contribution is 2.25. The predicted octanol–water partition coefficient (Wildman–Crippen LogP) is 2.60. The van der Waals surface area contributed by atoms with Gasteiger partial charge in [-0.1, -0.05) is 25.3 Å². The van der Waals surface area contributed by atoms with Gasteiger partial charge >= 0.3 is 6.03 Å². The van der Waals surface area contributed by atoms with Gasteiger partial charge in [-0.3, -0.25) is 10.1 Å². The molecule has 0 atom stereocenters. The van der Waals surface area contributed by atoms with Gasteiger partial charge < -0.3 is 10.6 Å². The van der Waals surface area contributed by atoms with Crippen LogP contribution >= 0.6 is 0 Å². The van der Waals surface area contributed by atoms with Crippen molar-refractivity contribution in [3.8, 4) is 0 Å². The Labute approximate surface area is 137 Å². The van der Waals surface area contributed by atoms with Gasteiger partial charge in [0.15, 0.2) is 0 Å². The Kier molecular flexibility index (Phi) is 6.84. The standard InChI is InChI=1S/C17H26N4O2/c1-13-6-5-9-19-16(13)21-17(23)20-11-10-18-15(22)12-14-7-3-2-4-8-14/h5-6,9,14H,2-4,7-8,10-12H2,1H3,(H,18,22)(H2,19,20,21,23). The van der Waals surface area contributed by atoms with E-state index in [-0.39, 0.29) is 11.9 Å². The second kappa shape index (κ2) is 9.12. The number of carbonyl (C=O) groups is 2. The first-order chi connectivity index (χ1) is 11.1. The molecule has 23 heavy (non-hydrogen) atoms. The molecule has 1 aromatic heterocycles. The van der Waals surface area contributed by atoms with Crippen LogP contribution in [0.25, 0.3) is 0 Å². The number of nitrogens with one attached hydrogen (secondary N) is 3. The fourth-order valence-electron chi connectivity index (χ4n) is 2.87. The van der Waals surface area contributed by atoms with Gasteiger partial charge in [-0.05, 0) is 37.3 Å². The Bertz CT molecular complexity index is 527. The summed E-state index contributed by atoms with van der Waals surface area (Å²) < 4.78 is 0. The van der Waals surface area contributed by atoms with E-state index in [2.05, 4.69) is 20.9 Å². The number of pyridine rings is 1. The van der Waals surface area contributed by atoms with E-state index in [0.29, 0.717) is 31.2 Å². The summed E-state index contributed by atoms with van der Waals surface area (Å²) in [5.41, 5.74) is 0.906. The Morgan fingerprint density at radius 2 is 1.91 bits per heavy atom. The number of aryl methyl sites for hydroxylation is 1. The first kappa shape index (κ1) is 17.2. The molecule has 6 nitrogen and oxygen atoms in total. The maximum atomic E-state index is 11.8. The normalized spacial score (nSPS) is 15.0. The fourth-order valence-corrected chi connectivity index (χ4v) is 2.87. The summed E-state index contributed by atoms with van der Waals surface area (Å²) >= 11 is 0. The van der Waals surface area contributed by atoms with Gasteiger partial charge in [0, 0.05) is 25.7 Å². The first-order valence-electron chi connectivity index (χ1n) is 8.38. The number of rotatable bonds is 6. The number of carbonyl (C=O) groups excluding carboxylic acids is 2. The lowest BCUT2D eigenvalue weighted by Crippen LogP contribution is -2.37. The zero-order valence-corrected chi connectivity index (χ0v) is 13.7. The van der Waals surface area contributed by atoms with Gasteiger partial charge in [0.2, 0.25) is 5.91 Å². The Morgan fingerprint density at radius 3 is 2.65 bits per heavy atom. The van der Waals surface area contributed by atoms with Crippen molar-refractivity contribution in [1.29, 1.82) is 0 Å². The molecule has 0 radical (unpaired) electrons. The number of urea groups is 1. The highest BCUT2D eigenvalue weighted by molar-refractivity contribution is 5.88. The van der Waals surface area contributed by atoms with Crippen molar-refractivity contribution >= 4 is 17.8 Å². The molecule has 1 saturated carbocycles. The molecule has 0 bridgehead atoms. The van der Waals surface area contributed by atoms with E-state index in [9.17, 15) is 9.59 Å². The molecule has 0 unspecified atom stereocenters. The van der Waals surface area contributed by atoms with Crippen LogP contribution in [0.2, 0.25) is 0 Å². The number of amides is 3. The number of hydrogen-bond acceptors (Lipinski definition) is 3. The smallest absolute Gasteiger partial charge is 0.320 e. The lowest BCUT2D eigenvalue weighted by molar-refractivity contribution is -0.122. The average Bonchev–Trinajstić information content (AvgIpc) is 2.55. The maximum Gasteiger partial charge on any atom is 0.320 e. The Hall–Kier alpha value is -2.11. The third-order valence-electron chi connectivity index (χ3n) is 4.17. The summed E-state index contributed by atoms with van der Waals surface area (Å²) in [4.78, 5) is 27.7. The van der Waals surface area contributed by atoms with E-state index in [1.54, 1.807) is 6.20 Å². The molecular weight excluding hydrogens is 292 g/mol. The van der Waals surface area contributed by atoms with Crippen LogP contribution < -0.4 is 16.0 Å². The van der Waals surface area contributed by atoms with Gasteiger partial charge in [-0.25, -0.2) is 9.78 Å². The van der Waals surface area contributed by atoms with Crippen molar-refractivity contribution in [2.24, 2.45) is 5.92 Å². The predicted molar refractivity (Wildman–Crippen MR) is 90.2 cm³/mol. The number of nitrogens with zero attached hydrogens (tertiary/aromatic N) is 1. The molecule has 1 aliphatic rings. The van der Waals surface area contributed by atoms with Crippen LogP contribution in [0.1, 0.15) is 44.1 Å². The van der Waals surface area contributed by atoms with E-state index >= 15 is 0 Å². The molecule has 3 amide bonds. The lowest BCUT2D eigenvalue weighted by Gasteiger charge is -2.20. The van der Waals surface area contributed by atoms with Crippen LogP contribution in [0.15, 0.2) is 18.3 Å². The summed E-state index contributed by atoms with van der Waals surface area (Å²) in [6, 6.07) is 3.39. The minimum Gasteiger partial charge on any atom is -0.354 e. The zero-order valence-electron chi connectivity index (χ0n) is 13.7. The molecular formula is C17H26N4O2. The fraction of sp³-hybridized carbons (Fsp3) is 0.588. The zero-order chi connectivity index (χ0) is 16.5. The van der Waals surface area contributed by atoms with Crippen molar-refractivity contribution in [3.05, 3.63) is 23.9 Å². The van der Waals surface area contributed by atoms with Crippen molar-refractivity contribution in [3.63, 3.8) is 0 Å². The van der Waals surface area contributed by atoms with Crippen LogP contribution in [0, 0.1) is 12.8 Å². The summed E-state index contributed by atoms with van der Waals surface area (Å²) in [7, 11) is 0. The topological polar surface area (TPSA) is 83.1 Å². The van der Waals surface area contributed by atoms with Crippen molar-refractivity contribution in [2.45, 2.75) is 45.4 Å².